The van der Waals surface area contributed by atoms with Gasteiger partial charge in [0.25, 0.3) is 11.8 Å². The summed E-state index contributed by atoms with van der Waals surface area (Å²) in [5, 5.41) is 29.0. The highest BCUT2D eigenvalue weighted by Crippen LogP contribution is 2.07. The van der Waals surface area contributed by atoms with Crippen molar-refractivity contribution in [1.29, 1.82) is 0 Å². The lowest BCUT2D eigenvalue weighted by Gasteiger charge is -2.16. The van der Waals surface area contributed by atoms with Crippen LogP contribution in [0.1, 0.15) is 15.9 Å². The number of ketones is 2. The van der Waals surface area contributed by atoms with E-state index < -0.39 is 48.7 Å². The fourth-order valence-electron chi connectivity index (χ4n) is 1.96. The number of hydrazine groups is 1. The maximum Gasteiger partial charge on any atom is 0.266 e. The Kier molecular flexibility index (Phi) is 9.94. The van der Waals surface area contributed by atoms with Crippen LogP contribution in [-0.4, -0.2) is 64.1 Å². The molecule has 0 saturated heterocycles. The maximum atomic E-state index is 12.1. The minimum Gasteiger partial charge on any atom is -0.393 e. The number of hydroxylamine groups is 1. The topological polar surface area (TPSA) is 207 Å². The van der Waals surface area contributed by atoms with E-state index in [1.165, 1.54) is 24.3 Å². The number of rotatable bonds is 12. The van der Waals surface area contributed by atoms with Crippen molar-refractivity contribution < 1.29 is 34.6 Å². The van der Waals surface area contributed by atoms with Gasteiger partial charge in [0.2, 0.25) is 11.6 Å². The van der Waals surface area contributed by atoms with Crippen molar-refractivity contribution in [3.05, 3.63) is 46.4 Å². The summed E-state index contributed by atoms with van der Waals surface area (Å²) in [7, 11) is 0. The third kappa shape index (κ3) is 7.65. The molecule has 1 aromatic rings. The molecule has 0 aliphatic rings. The normalized spacial score (nSPS) is 12.8. The van der Waals surface area contributed by atoms with Gasteiger partial charge in [-0.3, -0.25) is 24.6 Å². The van der Waals surface area contributed by atoms with E-state index in [0.717, 1.165) is 6.08 Å². The van der Waals surface area contributed by atoms with Crippen LogP contribution in [0, 0.1) is 4.91 Å². The molecule has 0 spiro atoms. The number of amides is 2. The molecule has 0 saturated carbocycles. The molecule has 0 aromatic heterocycles. The zero-order valence-corrected chi connectivity index (χ0v) is 14.9. The highest BCUT2D eigenvalue weighted by molar-refractivity contribution is 6.40. The lowest BCUT2D eigenvalue weighted by molar-refractivity contribution is -0.145. The molecule has 0 bridgehead atoms. The third-order valence-corrected chi connectivity index (χ3v) is 3.43. The van der Waals surface area contributed by atoms with Crippen LogP contribution in [0.15, 0.2) is 35.6 Å². The van der Waals surface area contributed by atoms with E-state index in [0.29, 0.717) is 5.56 Å². The molecule has 0 radical (unpaired) electrons. The van der Waals surface area contributed by atoms with Crippen LogP contribution in [0.4, 0.5) is 0 Å². The first-order chi connectivity index (χ1) is 13.8. The minimum absolute atomic E-state index is 0.167. The van der Waals surface area contributed by atoms with Crippen LogP contribution in [-0.2, 0) is 14.4 Å². The summed E-state index contributed by atoms with van der Waals surface area (Å²) in [6.45, 7) is -1.37. The van der Waals surface area contributed by atoms with Gasteiger partial charge in [0, 0.05) is 18.2 Å². The molecule has 1 rings (SSSR count). The number of carbonyl (C=O) groups is 4. The Morgan fingerprint density at radius 1 is 1.17 bits per heavy atom. The zero-order valence-electron chi connectivity index (χ0n) is 14.9. The van der Waals surface area contributed by atoms with Crippen LogP contribution in [0.5, 0.6) is 0 Å². The SMILES string of the molecule is O=NNC(=O)/C=C/c1cccc(C(=O)NNCC(NO)C(=O)C(=O)C(O)CO)c1. The maximum absolute atomic E-state index is 12.1. The second-order valence-electron chi connectivity index (χ2n) is 5.47. The Bertz CT molecular complexity index is 797. The Morgan fingerprint density at radius 2 is 1.90 bits per heavy atom. The van der Waals surface area contributed by atoms with Crippen molar-refractivity contribution in [3.8, 4) is 0 Å². The standard InChI is InChI=1S/C16H19N5O8/c22-8-12(23)15(26)14(25)11(20-28)7-17-19-16(27)10-3-1-2-9(6-10)4-5-13(24)18-21-29/h1-6,11-12,17,20,22-23,28H,7-8H2,(H,19,27)(H,18,24,29)/b5-4+. The molecule has 13 nitrogen and oxygen atoms in total. The van der Waals surface area contributed by atoms with Crippen molar-refractivity contribution in [1.82, 2.24) is 21.8 Å². The quantitative estimate of drug-likeness (QED) is 0.0840. The number of hydrogen-bond donors (Lipinski definition) is 7. The van der Waals surface area contributed by atoms with Crippen molar-refractivity contribution >= 4 is 29.5 Å². The number of nitrogens with zero attached hydrogens (tertiary/aromatic N) is 1. The summed E-state index contributed by atoms with van der Waals surface area (Å²) in [4.78, 5) is 56.5. The van der Waals surface area contributed by atoms with E-state index in [1.54, 1.807) is 17.0 Å². The van der Waals surface area contributed by atoms with E-state index in [2.05, 4.69) is 16.1 Å². The van der Waals surface area contributed by atoms with E-state index in [4.69, 9.17) is 15.4 Å². The third-order valence-electron chi connectivity index (χ3n) is 3.43. The summed E-state index contributed by atoms with van der Waals surface area (Å²) in [6.07, 6.45) is 0.471. The molecule has 1 aromatic carbocycles. The van der Waals surface area contributed by atoms with Gasteiger partial charge in [0.1, 0.15) is 12.1 Å². The number of nitroso groups, excluding NO2 is 1. The van der Waals surface area contributed by atoms with Crippen LogP contribution >= 0.6 is 0 Å². The van der Waals surface area contributed by atoms with E-state index in [1.807, 2.05) is 0 Å². The average molecular weight is 409 g/mol. The average Bonchev–Trinajstić information content (AvgIpc) is 2.74. The van der Waals surface area contributed by atoms with E-state index in [9.17, 15) is 24.1 Å². The predicted molar refractivity (Wildman–Crippen MR) is 96.7 cm³/mol. The highest BCUT2D eigenvalue weighted by Gasteiger charge is 2.29. The summed E-state index contributed by atoms with van der Waals surface area (Å²) >= 11 is 0. The fourth-order valence-corrected chi connectivity index (χ4v) is 1.96. The van der Waals surface area contributed by atoms with Gasteiger partial charge in [0.15, 0.2) is 0 Å². The van der Waals surface area contributed by atoms with Gasteiger partial charge in [0.05, 0.1) is 11.9 Å². The van der Waals surface area contributed by atoms with Crippen molar-refractivity contribution in [3.63, 3.8) is 0 Å². The largest absolute Gasteiger partial charge is 0.393 e. The molecule has 2 unspecified atom stereocenters. The summed E-state index contributed by atoms with van der Waals surface area (Å²) in [5.74, 6) is -3.89. The van der Waals surface area contributed by atoms with Gasteiger partial charge < -0.3 is 15.4 Å². The number of benzene rings is 1. The lowest BCUT2D eigenvalue weighted by atomic mass is 10.1. The second kappa shape index (κ2) is 12.2. The summed E-state index contributed by atoms with van der Waals surface area (Å²) in [6, 6.07) is 4.51. The van der Waals surface area contributed by atoms with Gasteiger partial charge >= 0.3 is 0 Å². The molecule has 0 heterocycles. The number of aliphatic hydroxyl groups is 2. The summed E-state index contributed by atoms with van der Waals surface area (Å²) < 4.78 is 0. The number of hydrogen-bond acceptors (Lipinski definition) is 11. The Labute approximate surface area is 163 Å². The smallest absolute Gasteiger partial charge is 0.266 e. The number of carbonyl (C=O) groups excluding carboxylic acids is 4. The molecule has 156 valence electrons. The zero-order chi connectivity index (χ0) is 21.8. The first kappa shape index (κ1) is 23.7. The molecule has 0 aliphatic carbocycles. The van der Waals surface area contributed by atoms with Crippen LogP contribution < -0.4 is 21.8 Å². The van der Waals surface area contributed by atoms with E-state index >= 15 is 0 Å². The Morgan fingerprint density at radius 3 is 2.52 bits per heavy atom. The number of Topliss-reactive ketones (excluding diaryl/α,β-unsaturated/α-hetero) is 2. The lowest BCUT2D eigenvalue weighted by Crippen LogP contribution is -2.52. The van der Waals surface area contributed by atoms with Crippen LogP contribution in [0.2, 0.25) is 0 Å². The van der Waals surface area contributed by atoms with Crippen molar-refractivity contribution in [2.24, 2.45) is 5.29 Å². The van der Waals surface area contributed by atoms with Gasteiger partial charge in [-0.25, -0.2) is 10.9 Å². The van der Waals surface area contributed by atoms with Crippen molar-refractivity contribution in [2.45, 2.75) is 12.1 Å². The predicted octanol–water partition coefficient (Wildman–Crippen LogP) is -2.43. The molecular weight excluding hydrogens is 390 g/mol. The molecule has 2 atom stereocenters. The first-order valence-electron chi connectivity index (χ1n) is 8.04. The van der Waals surface area contributed by atoms with Gasteiger partial charge in [-0.1, -0.05) is 12.1 Å². The van der Waals surface area contributed by atoms with Crippen LogP contribution in [0.25, 0.3) is 6.08 Å². The number of nitrogens with one attached hydrogen (secondary N) is 4. The fraction of sp³-hybridized carbons (Fsp3) is 0.250. The number of aliphatic hydroxyl groups excluding tert-OH is 2. The van der Waals surface area contributed by atoms with Gasteiger partial charge in [-0.15, -0.1) is 4.91 Å². The molecule has 7 N–H and O–H groups in total. The minimum atomic E-state index is -1.91. The molecule has 29 heavy (non-hydrogen) atoms. The first-order valence-corrected chi connectivity index (χ1v) is 8.04. The Hall–Kier alpha value is -3.36. The molecule has 0 aliphatic heterocycles. The second-order valence-corrected chi connectivity index (χ2v) is 5.47. The van der Waals surface area contributed by atoms with Gasteiger partial charge in [-0.05, 0) is 23.8 Å². The highest BCUT2D eigenvalue weighted by atomic mass is 16.5. The Balaban J connectivity index is 2.64. The molecule has 0 fully saturated rings. The molecule has 2 amide bonds. The summed E-state index contributed by atoms with van der Waals surface area (Å²) in [5.41, 5.74) is 8.46. The van der Waals surface area contributed by atoms with Gasteiger partial charge in [-0.2, -0.15) is 5.48 Å². The van der Waals surface area contributed by atoms with E-state index in [-0.39, 0.29) is 5.56 Å². The molecular formula is C16H19N5O8. The molecule has 13 heteroatoms. The monoisotopic (exact) mass is 409 g/mol. The van der Waals surface area contributed by atoms with Crippen LogP contribution in [0.3, 0.4) is 0 Å². The van der Waals surface area contributed by atoms with Crippen molar-refractivity contribution in [2.75, 3.05) is 13.2 Å².